The zero-order chi connectivity index (χ0) is 25.1. The van der Waals surface area contributed by atoms with Crippen LogP contribution >= 0.6 is 0 Å². The maximum Gasteiger partial charge on any atom is 0.261 e. The highest BCUT2D eigenvalue weighted by atomic mass is 19.3. The number of likely N-dealkylation sites (tertiary alicyclic amines) is 1. The fraction of sp³-hybridized carbons (Fsp3) is 0.538. The molecular weight excluding hydrogens is 450 g/mol. The molecule has 1 N–H and O–H groups in total. The largest absolute Gasteiger partial charge is 0.363 e. The molecule has 2 aromatic rings. The number of nitriles is 1. The fourth-order valence-electron chi connectivity index (χ4n) is 5.84. The van der Waals surface area contributed by atoms with Crippen LogP contribution in [-0.2, 0) is 16.8 Å². The minimum absolute atomic E-state index is 0.0660. The second-order valence-corrected chi connectivity index (χ2v) is 10.3. The molecule has 35 heavy (non-hydrogen) atoms. The Morgan fingerprint density at radius 3 is 2.54 bits per heavy atom. The van der Waals surface area contributed by atoms with Crippen molar-refractivity contribution in [3.8, 4) is 6.07 Å². The number of hydrogen-bond donors (Lipinski definition) is 1. The third-order valence-corrected chi connectivity index (χ3v) is 8.03. The zero-order valence-corrected chi connectivity index (χ0v) is 20.5. The Hall–Kier alpha value is -3.12. The quantitative estimate of drug-likeness (QED) is 0.700. The highest BCUT2D eigenvalue weighted by Crippen LogP contribution is 2.53. The van der Waals surface area contributed by atoms with Gasteiger partial charge < -0.3 is 15.1 Å². The van der Waals surface area contributed by atoms with Crippen molar-refractivity contribution in [3.05, 3.63) is 52.0 Å². The average Bonchev–Trinajstić information content (AvgIpc) is 3.53. The zero-order valence-electron chi connectivity index (χ0n) is 20.5. The summed E-state index contributed by atoms with van der Waals surface area (Å²) in [4.78, 5) is 26.8. The van der Waals surface area contributed by atoms with Crippen molar-refractivity contribution in [3.63, 3.8) is 0 Å². The number of carbonyl (C=O) groups is 1. The number of benzene rings is 1. The summed E-state index contributed by atoms with van der Waals surface area (Å²) in [6, 6.07) is 7.63. The van der Waals surface area contributed by atoms with E-state index in [4.69, 9.17) is 4.98 Å². The van der Waals surface area contributed by atoms with Gasteiger partial charge in [-0.1, -0.05) is 12.1 Å². The van der Waals surface area contributed by atoms with Gasteiger partial charge in [-0.2, -0.15) is 5.26 Å². The van der Waals surface area contributed by atoms with Gasteiger partial charge in [0.25, 0.3) is 6.43 Å². The maximum atomic E-state index is 14.2. The Labute approximate surface area is 204 Å². The molecule has 2 atom stereocenters. The van der Waals surface area contributed by atoms with Crippen molar-refractivity contribution in [1.29, 1.82) is 5.26 Å². The molecule has 1 aromatic carbocycles. The Bertz CT molecular complexity index is 1240. The van der Waals surface area contributed by atoms with Crippen molar-refractivity contribution < 1.29 is 13.6 Å². The Balaban J connectivity index is 1.61. The van der Waals surface area contributed by atoms with E-state index in [0.717, 1.165) is 16.7 Å². The molecule has 3 heterocycles. The summed E-state index contributed by atoms with van der Waals surface area (Å²) in [5.74, 6) is 0.867. The lowest BCUT2D eigenvalue weighted by atomic mass is 9.76. The first kappa shape index (κ1) is 23.6. The van der Waals surface area contributed by atoms with Crippen LogP contribution in [0.1, 0.15) is 66.0 Å². The van der Waals surface area contributed by atoms with E-state index in [9.17, 15) is 18.8 Å². The molecule has 3 aliphatic rings. The Morgan fingerprint density at radius 1 is 1.20 bits per heavy atom. The van der Waals surface area contributed by atoms with Gasteiger partial charge in [-0.05, 0) is 70.8 Å². The van der Waals surface area contributed by atoms with Gasteiger partial charge in [-0.25, -0.2) is 18.7 Å². The van der Waals surface area contributed by atoms with Crippen LogP contribution in [0.15, 0.2) is 18.2 Å². The number of hydrogen-bond acceptors (Lipinski definition) is 6. The average molecular weight is 481 g/mol. The van der Waals surface area contributed by atoms with Gasteiger partial charge in [0.05, 0.1) is 29.9 Å². The van der Waals surface area contributed by atoms with E-state index in [2.05, 4.69) is 21.3 Å². The smallest absolute Gasteiger partial charge is 0.261 e. The molecule has 5 rings (SSSR count). The molecule has 2 fully saturated rings. The minimum Gasteiger partial charge on any atom is -0.363 e. The highest BCUT2D eigenvalue weighted by molar-refractivity contribution is 5.92. The van der Waals surface area contributed by atoms with Crippen molar-refractivity contribution >= 4 is 11.7 Å². The van der Waals surface area contributed by atoms with Crippen LogP contribution in [0.25, 0.3) is 0 Å². The molecule has 1 saturated carbocycles. The van der Waals surface area contributed by atoms with Gasteiger partial charge in [-0.15, -0.1) is 0 Å². The first-order valence-electron chi connectivity index (χ1n) is 12.1. The number of aromatic nitrogens is 2. The first-order chi connectivity index (χ1) is 16.6. The van der Waals surface area contributed by atoms with Crippen LogP contribution in [-0.4, -0.2) is 57.8 Å². The molecule has 0 radical (unpaired) electrons. The number of halogens is 2. The number of amides is 1. The molecule has 2 aliphatic heterocycles. The third kappa shape index (κ3) is 3.57. The number of nitrogens with zero attached hydrogens (tertiary/aromatic N) is 5. The summed E-state index contributed by atoms with van der Waals surface area (Å²) in [5.41, 5.74) is 1.49. The Morgan fingerprint density at radius 2 is 1.94 bits per heavy atom. The van der Waals surface area contributed by atoms with Crippen LogP contribution in [0, 0.1) is 25.2 Å². The summed E-state index contributed by atoms with van der Waals surface area (Å²) < 4.78 is 28.4. The van der Waals surface area contributed by atoms with Crippen molar-refractivity contribution in [2.24, 2.45) is 0 Å². The van der Waals surface area contributed by atoms with Gasteiger partial charge in [0.1, 0.15) is 22.6 Å². The van der Waals surface area contributed by atoms with Gasteiger partial charge in [0.15, 0.2) is 0 Å². The second kappa shape index (κ2) is 8.23. The molecule has 9 heteroatoms. The van der Waals surface area contributed by atoms with E-state index in [1.54, 1.807) is 13.0 Å². The number of alkyl halides is 2. The molecule has 1 saturated heterocycles. The van der Waals surface area contributed by atoms with Crippen LogP contribution < -0.4 is 5.32 Å². The number of rotatable bonds is 5. The minimum atomic E-state index is -2.60. The van der Waals surface area contributed by atoms with Crippen LogP contribution in [0.2, 0.25) is 0 Å². The fourth-order valence-corrected chi connectivity index (χ4v) is 5.84. The number of likely N-dealkylation sites (N-methyl/N-ethyl adjacent to an activating group) is 1. The number of aryl methyl sites for hydroxylation is 1. The van der Waals surface area contributed by atoms with E-state index >= 15 is 0 Å². The van der Waals surface area contributed by atoms with Gasteiger partial charge in [0, 0.05) is 12.1 Å². The lowest BCUT2D eigenvalue weighted by molar-refractivity contribution is -0.148. The lowest BCUT2D eigenvalue weighted by Gasteiger charge is -2.44. The van der Waals surface area contributed by atoms with Crippen molar-refractivity contribution in [2.75, 3.05) is 25.5 Å². The molecule has 7 nitrogen and oxygen atoms in total. The number of carbonyl (C=O) groups excluding carboxylic acids is 1. The number of nitrogens with one attached hydrogen (secondary N) is 1. The van der Waals surface area contributed by atoms with Crippen LogP contribution in [0.5, 0.6) is 0 Å². The van der Waals surface area contributed by atoms with Gasteiger partial charge in [0.2, 0.25) is 5.91 Å². The van der Waals surface area contributed by atoms with E-state index in [1.807, 2.05) is 33.0 Å². The van der Waals surface area contributed by atoms with Crippen molar-refractivity contribution in [1.82, 2.24) is 19.8 Å². The van der Waals surface area contributed by atoms with Gasteiger partial charge in [-0.3, -0.25) is 4.79 Å². The highest BCUT2D eigenvalue weighted by Gasteiger charge is 2.63. The second-order valence-electron chi connectivity index (χ2n) is 10.3. The molecule has 1 spiro atoms. The van der Waals surface area contributed by atoms with Crippen molar-refractivity contribution in [2.45, 2.75) is 70.0 Å². The van der Waals surface area contributed by atoms with E-state index in [0.29, 0.717) is 55.3 Å². The molecule has 1 unspecified atom stereocenters. The summed E-state index contributed by atoms with van der Waals surface area (Å²) in [6.07, 6.45) is -1.44. The first-order valence-corrected chi connectivity index (χ1v) is 12.1. The SMILES string of the molecule is Cc1nc(N[C@H](C)c2cccc(C#N)c2C)c2c(n1)C1(CCN(C)C1)C(=O)N(C1(C(F)F)CC1)C2. The van der Waals surface area contributed by atoms with Crippen LogP contribution in [0.4, 0.5) is 14.6 Å². The Kier molecular flexibility index (Phi) is 5.55. The number of fused-ring (bicyclic) bond motifs is 2. The molecule has 184 valence electrons. The summed E-state index contributed by atoms with van der Waals surface area (Å²) in [6.45, 7) is 6.90. The normalized spacial score (nSPS) is 23.9. The summed E-state index contributed by atoms with van der Waals surface area (Å²) >= 11 is 0. The molecule has 0 bridgehead atoms. The topological polar surface area (TPSA) is 85.1 Å². The van der Waals surface area contributed by atoms with Crippen LogP contribution in [0.3, 0.4) is 0 Å². The predicted molar refractivity (Wildman–Crippen MR) is 127 cm³/mol. The number of anilines is 1. The monoisotopic (exact) mass is 480 g/mol. The standard InChI is InChI=1S/C26H30F2N6O/c1-15-18(12-29)6-5-7-19(15)16(2)30-22-20-13-34(26(8-9-26)23(27)28)24(35)25(10-11-33(4)14-25)21(20)31-17(3)32-22/h5-7,16,23H,8-11,13-14H2,1-4H3,(H,30,31,32)/t16-,25?/m1/s1. The summed E-state index contributed by atoms with van der Waals surface area (Å²) in [7, 11) is 1.95. The predicted octanol–water partition coefficient (Wildman–Crippen LogP) is 3.85. The lowest BCUT2D eigenvalue weighted by Crippen LogP contribution is -2.58. The molecule has 1 amide bonds. The van der Waals surface area contributed by atoms with E-state index in [1.165, 1.54) is 4.90 Å². The van der Waals surface area contributed by atoms with E-state index < -0.39 is 17.4 Å². The molecule has 1 aromatic heterocycles. The van der Waals surface area contributed by atoms with E-state index in [-0.39, 0.29) is 18.5 Å². The maximum absolute atomic E-state index is 14.2. The molecule has 1 aliphatic carbocycles. The van der Waals surface area contributed by atoms with Gasteiger partial charge >= 0.3 is 0 Å². The molecular formula is C26H30F2N6O. The third-order valence-electron chi connectivity index (χ3n) is 8.03. The summed E-state index contributed by atoms with van der Waals surface area (Å²) in [5, 5.41) is 12.9.